The molecular formula is C12H14ClFN2O2. The van der Waals surface area contributed by atoms with Gasteiger partial charge in [-0.3, -0.25) is 0 Å². The third-order valence-electron chi connectivity index (χ3n) is 2.25. The van der Waals surface area contributed by atoms with Gasteiger partial charge in [-0.05, 0) is 24.6 Å². The highest BCUT2D eigenvalue weighted by atomic mass is 35.5. The Morgan fingerprint density at radius 3 is 2.50 bits per heavy atom. The second-order valence-corrected chi connectivity index (χ2v) is 3.41. The molecule has 0 aliphatic rings. The molecule has 0 saturated carbocycles. The van der Waals surface area contributed by atoms with Crippen LogP contribution in [0.3, 0.4) is 0 Å². The van der Waals surface area contributed by atoms with Crippen LogP contribution in [0.15, 0.2) is 24.3 Å². The fraction of sp³-hybridized carbons (Fsp3) is 0.333. The van der Waals surface area contributed by atoms with Gasteiger partial charge in [0.05, 0.1) is 24.3 Å². The monoisotopic (exact) mass is 272 g/mol. The minimum absolute atomic E-state index is 0. The Morgan fingerprint density at radius 2 is 2.06 bits per heavy atom. The van der Waals surface area contributed by atoms with Crippen LogP contribution in [0.5, 0.6) is 0 Å². The molecule has 0 spiro atoms. The number of ether oxygens (including phenoxy) is 1. The van der Waals surface area contributed by atoms with Gasteiger partial charge in [-0.15, -0.1) is 12.4 Å². The standard InChI is InChI=1S/C12H13FN2O2.ClH/c1-2-17-12(16)10(13)11(15)9-5-3-8(7-14)4-6-9;/h3-6,10-11H,2,15H2,1H3;1H/t10?,11-;/m1./s1. The number of nitrogens with two attached hydrogens (primary N) is 1. The van der Waals surface area contributed by atoms with Crippen LogP contribution in [0.2, 0.25) is 0 Å². The predicted molar refractivity (Wildman–Crippen MR) is 66.9 cm³/mol. The average molecular weight is 273 g/mol. The number of halogens is 2. The second kappa shape index (κ2) is 7.64. The van der Waals surface area contributed by atoms with E-state index in [-0.39, 0.29) is 19.0 Å². The van der Waals surface area contributed by atoms with E-state index in [0.29, 0.717) is 11.1 Å². The molecule has 18 heavy (non-hydrogen) atoms. The van der Waals surface area contributed by atoms with E-state index in [1.807, 2.05) is 6.07 Å². The predicted octanol–water partition coefficient (Wildman–Crippen LogP) is 1.88. The molecule has 0 heterocycles. The van der Waals surface area contributed by atoms with E-state index in [0.717, 1.165) is 0 Å². The fourth-order valence-electron chi connectivity index (χ4n) is 1.32. The first-order chi connectivity index (χ1) is 8.10. The van der Waals surface area contributed by atoms with Crippen LogP contribution < -0.4 is 5.73 Å². The smallest absolute Gasteiger partial charge is 0.342 e. The van der Waals surface area contributed by atoms with Crippen molar-refractivity contribution in [2.45, 2.75) is 19.1 Å². The minimum atomic E-state index is -1.90. The van der Waals surface area contributed by atoms with Gasteiger partial charge in [0, 0.05) is 0 Å². The SMILES string of the molecule is CCOC(=O)C(F)[C@H](N)c1ccc(C#N)cc1.Cl. The van der Waals surface area contributed by atoms with Crippen LogP contribution in [0.1, 0.15) is 24.1 Å². The molecule has 1 aromatic rings. The summed E-state index contributed by atoms with van der Waals surface area (Å²) in [4.78, 5) is 11.2. The van der Waals surface area contributed by atoms with Gasteiger partial charge in [0.25, 0.3) is 0 Å². The van der Waals surface area contributed by atoms with Gasteiger partial charge in [0.2, 0.25) is 6.17 Å². The molecule has 1 aromatic carbocycles. The van der Waals surface area contributed by atoms with Gasteiger partial charge in [0.1, 0.15) is 0 Å². The fourth-order valence-corrected chi connectivity index (χ4v) is 1.32. The number of benzene rings is 1. The zero-order valence-corrected chi connectivity index (χ0v) is 10.6. The van der Waals surface area contributed by atoms with Crippen LogP contribution in [0.25, 0.3) is 0 Å². The Balaban J connectivity index is 0.00000289. The maximum absolute atomic E-state index is 13.6. The van der Waals surface area contributed by atoms with Gasteiger partial charge in [-0.2, -0.15) is 5.26 Å². The zero-order chi connectivity index (χ0) is 12.8. The molecule has 0 aliphatic carbocycles. The molecule has 6 heteroatoms. The first-order valence-electron chi connectivity index (χ1n) is 5.16. The first-order valence-corrected chi connectivity index (χ1v) is 5.16. The molecule has 2 N–H and O–H groups in total. The van der Waals surface area contributed by atoms with Crippen molar-refractivity contribution in [1.82, 2.24) is 0 Å². The van der Waals surface area contributed by atoms with Crippen molar-refractivity contribution in [3.05, 3.63) is 35.4 Å². The average Bonchev–Trinajstić information content (AvgIpc) is 2.37. The number of hydrogen-bond acceptors (Lipinski definition) is 4. The van der Waals surface area contributed by atoms with E-state index in [4.69, 9.17) is 11.0 Å². The summed E-state index contributed by atoms with van der Waals surface area (Å²) in [5.41, 5.74) is 6.50. The Hall–Kier alpha value is -1.64. The van der Waals surface area contributed by atoms with E-state index in [1.54, 1.807) is 6.92 Å². The van der Waals surface area contributed by atoms with Crippen LogP contribution >= 0.6 is 12.4 Å². The van der Waals surface area contributed by atoms with Gasteiger partial charge in [0.15, 0.2) is 0 Å². The number of rotatable bonds is 4. The molecule has 0 amide bonds. The van der Waals surface area contributed by atoms with Gasteiger partial charge >= 0.3 is 5.97 Å². The number of hydrogen-bond donors (Lipinski definition) is 1. The molecule has 4 nitrogen and oxygen atoms in total. The highest BCUT2D eigenvalue weighted by Gasteiger charge is 2.27. The number of nitriles is 1. The van der Waals surface area contributed by atoms with Gasteiger partial charge < -0.3 is 10.5 Å². The topological polar surface area (TPSA) is 76.1 Å². The van der Waals surface area contributed by atoms with E-state index in [2.05, 4.69) is 4.74 Å². The Bertz CT molecular complexity index is 431. The summed E-state index contributed by atoms with van der Waals surface area (Å²) in [7, 11) is 0. The van der Waals surface area contributed by atoms with Gasteiger partial charge in [-0.25, -0.2) is 9.18 Å². The number of esters is 1. The molecule has 1 unspecified atom stereocenters. The lowest BCUT2D eigenvalue weighted by molar-refractivity contribution is -0.149. The summed E-state index contributed by atoms with van der Waals surface area (Å²) < 4.78 is 18.1. The van der Waals surface area contributed by atoms with Crippen molar-refractivity contribution >= 4 is 18.4 Å². The molecule has 0 radical (unpaired) electrons. The summed E-state index contributed by atoms with van der Waals surface area (Å²) in [6.45, 7) is 1.71. The van der Waals surface area contributed by atoms with Crippen molar-refractivity contribution < 1.29 is 13.9 Å². The Labute approximate surface area is 111 Å². The normalized spacial score (nSPS) is 12.8. The third kappa shape index (κ3) is 3.99. The highest BCUT2D eigenvalue weighted by molar-refractivity contribution is 5.85. The van der Waals surface area contributed by atoms with Crippen molar-refractivity contribution in [3.8, 4) is 6.07 Å². The molecule has 1 rings (SSSR count). The first kappa shape index (κ1) is 16.4. The van der Waals surface area contributed by atoms with Gasteiger partial charge in [-0.1, -0.05) is 12.1 Å². The van der Waals surface area contributed by atoms with Crippen LogP contribution in [-0.2, 0) is 9.53 Å². The summed E-state index contributed by atoms with van der Waals surface area (Å²) in [5, 5.41) is 8.61. The third-order valence-corrected chi connectivity index (χ3v) is 2.25. The maximum atomic E-state index is 13.6. The van der Waals surface area contributed by atoms with Crippen molar-refractivity contribution in [1.29, 1.82) is 5.26 Å². The lowest BCUT2D eigenvalue weighted by Gasteiger charge is -2.15. The number of alkyl halides is 1. The van der Waals surface area contributed by atoms with Crippen molar-refractivity contribution in [3.63, 3.8) is 0 Å². The molecule has 0 aliphatic heterocycles. The van der Waals surface area contributed by atoms with E-state index < -0.39 is 18.2 Å². The lowest BCUT2D eigenvalue weighted by Crippen LogP contribution is -2.31. The van der Waals surface area contributed by atoms with E-state index in [1.165, 1.54) is 24.3 Å². The molecule has 0 saturated heterocycles. The van der Waals surface area contributed by atoms with Crippen LogP contribution in [-0.4, -0.2) is 18.7 Å². The molecule has 2 atom stereocenters. The Kier molecular flexibility index (Phi) is 6.94. The summed E-state index contributed by atoms with van der Waals surface area (Å²) in [6.07, 6.45) is -1.90. The molecule has 0 bridgehead atoms. The lowest BCUT2D eigenvalue weighted by atomic mass is 10.0. The van der Waals surface area contributed by atoms with Crippen LogP contribution in [0.4, 0.5) is 4.39 Å². The molecular weight excluding hydrogens is 259 g/mol. The summed E-state index contributed by atoms with van der Waals surface area (Å²) >= 11 is 0. The quantitative estimate of drug-likeness (QED) is 0.849. The summed E-state index contributed by atoms with van der Waals surface area (Å²) in [6, 6.07) is 6.95. The zero-order valence-electron chi connectivity index (χ0n) is 9.80. The second-order valence-electron chi connectivity index (χ2n) is 3.41. The maximum Gasteiger partial charge on any atom is 0.342 e. The van der Waals surface area contributed by atoms with E-state index >= 15 is 0 Å². The highest BCUT2D eigenvalue weighted by Crippen LogP contribution is 2.18. The number of carbonyl (C=O) groups is 1. The molecule has 0 fully saturated rings. The van der Waals surface area contributed by atoms with Crippen molar-refractivity contribution in [2.75, 3.05) is 6.61 Å². The Morgan fingerprint density at radius 1 is 1.50 bits per heavy atom. The largest absolute Gasteiger partial charge is 0.464 e. The van der Waals surface area contributed by atoms with Crippen LogP contribution in [0, 0.1) is 11.3 Å². The molecule has 0 aromatic heterocycles. The molecule has 98 valence electrons. The number of nitrogens with zero attached hydrogens (tertiary/aromatic N) is 1. The number of carbonyl (C=O) groups excluding carboxylic acids is 1. The van der Waals surface area contributed by atoms with E-state index in [9.17, 15) is 9.18 Å². The minimum Gasteiger partial charge on any atom is -0.464 e. The van der Waals surface area contributed by atoms with Crippen molar-refractivity contribution in [2.24, 2.45) is 5.73 Å². The summed E-state index contributed by atoms with van der Waals surface area (Å²) in [5.74, 6) is -0.968.